The predicted molar refractivity (Wildman–Crippen MR) is 33.5 cm³/mol. The van der Waals surface area contributed by atoms with Gasteiger partial charge in [0.25, 0.3) is 5.92 Å². The number of halogens is 2. The number of hydrogen-bond donors (Lipinski definition) is 1. The van der Waals surface area contributed by atoms with Gasteiger partial charge in [0.15, 0.2) is 0 Å². The Morgan fingerprint density at radius 1 is 1.50 bits per heavy atom. The summed E-state index contributed by atoms with van der Waals surface area (Å²) >= 11 is 0. The van der Waals surface area contributed by atoms with Crippen LogP contribution in [0.3, 0.4) is 0 Å². The second kappa shape index (κ2) is 2.79. The molecule has 0 aromatic carbocycles. The third-order valence-corrected chi connectivity index (χ3v) is 1.31. The van der Waals surface area contributed by atoms with Gasteiger partial charge >= 0.3 is 0 Å². The van der Waals surface area contributed by atoms with E-state index in [1.54, 1.807) is 4.72 Å². The summed E-state index contributed by atoms with van der Waals surface area (Å²) in [6.45, 7) is -0.197. The van der Waals surface area contributed by atoms with Gasteiger partial charge in [-0.2, -0.15) is 0 Å². The molecule has 3 nitrogen and oxygen atoms in total. The van der Waals surface area contributed by atoms with Gasteiger partial charge in [-0.25, -0.2) is 21.9 Å². The minimum atomic E-state index is -3.49. The van der Waals surface area contributed by atoms with E-state index >= 15 is 0 Å². The molecular weight excluding hydrogens is 164 g/mol. The minimum absolute atomic E-state index is 0.644. The van der Waals surface area contributed by atoms with Crippen molar-refractivity contribution in [3.05, 3.63) is 0 Å². The molecule has 0 rings (SSSR count). The van der Waals surface area contributed by atoms with E-state index in [9.17, 15) is 17.2 Å². The van der Waals surface area contributed by atoms with Crippen LogP contribution < -0.4 is 4.72 Å². The average Bonchev–Trinajstić information content (AvgIpc) is 1.57. The number of hydrogen-bond acceptors (Lipinski definition) is 2. The van der Waals surface area contributed by atoms with Crippen molar-refractivity contribution in [2.24, 2.45) is 0 Å². The van der Waals surface area contributed by atoms with Gasteiger partial charge in [0.1, 0.15) is 0 Å². The van der Waals surface area contributed by atoms with Crippen LogP contribution in [0.5, 0.6) is 0 Å². The molecule has 0 aromatic heterocycles. The highest BCUT2D eigenvalue weighted by Crippen LogP contribution is 2.08. The lowest BCUT2D eigenvalue weighted by molar-refractivity contribution is 0.0282. The Morgan fingerprint density at radius 3 is 2.00 bits per heavy atom. The summed E-state index contributed by atoms with van der Waals surface area (Å²) in [5.41, 5.74) is 0. The van der Waals surface area contributed by atoms with Crippen molar-refractivity contribution in [1.82, 2.24) is 4.72 Å². The first-order chi connectivity index (χ1) is 4.21. The molecule has 0 amide bonds. The number of alkyl halides is 2. The highest BCUT2D eigenvalue weighted by atomic mass is 32.2. The van der Waals surface area contributed by atoms with Gasteiger partial charge < -0.3 is 0 Å². The van der Waals surface area contributed by atoms with E-state index in [4.69, 9.17) is 0 Å². The third-order valence-electron chi connectivity index (χ3n) is 0.645. The van der Waals surface area contributed by atoms with E-state index in [0.717, 1.165) is 6.26 Å². The lowest BCUT2D eigenvalue weighted by Crippen LogP contribution is -2.33. The first-order valence-corrected chi connectivity index (χ1v) is 4.42. The molecule has 62 valence electrons. The molecule has 0 saturated carbocycles. The van der Waals surface area contributed by atoms with Crippen molar-refractivity contribution in [2.45, 2.75) is 12.8 Å². The van der Waals surface area contributed by atoms with Gasteiger partial charge in [-0.1, -0.05) is 0 Å². The van der Waals surface area contributed by atoms with Crippen molar-refractivity contribution < 1.29 is 17.2 Å². The predicted octanol–water partition coefficient (Wildman–Crippen LogP) is 0.191. The molecule has 0 spiro atoms. The van der Waals surface area contributed by atoms with Crippen molar-refractivity contribution in [2.75, 3.05) is 12.8 Å². The molecule has 0 aromatic rings. The van der Waals surface area contributed by atoms with Crippen LogP contribution in [0.1, 0.15) is 6.92 Å². The molecule has 0 bridgehead atoms. The SMILES string of the molecule is CC(F)(F)CNS(C)(=O)=O. The lowest BCUT2D eigenvalue weighted by Gasteiger charge is -2.08. The van der Waals surface area contributed by atoms with Crippen molar-refractivity contribution in [1.29, 1.82) is 0 Å². The quantitative estimate of drug-likeness (QED) is 0.662. The summed E-state index contributed by atoms with van der Waals surface area (Å²) in [5, 5.41) is 0. The maximum absolute atomic E-state index is 11.9. The number of nitrogens with one attached hydrogen (secondary N) is 1. The first kappa shape index (κ1) is 9.77. The van der Waals surface area contributed by atoms with E-state index in [1.165, 1.54) is 0 Å². The largest absolute Gasteiger partial charge is 0.258 e. The Hall–Kier alpha value is -0.230. The monoisotopic (exact) mass is 173 g/mol. The van der Waals surface area contributed by atoms with Gasteiger partial charge in [0.05, 0.1) is 12.8 Å². The smallest absolute Gasteiger partial charge is 0.213 e. The van der Waals surface area contributed by atoms with Gasteiger partial charge in [0.2, 0.25) is 10.0 Å². The molecule has 0 unspecified atom stereocenters. The summed E-state index contributed by atoms with van der Waals surface area (Å²) < 4.78 is 46.0. The van der Waals surface area contributed by atoms with Gasteiger partial charge in [-0.15, -0.1) is 0 Å². The van der Waals surface area contributed by atoms with Crippen LogP contribution in [-0.4, -0.2) is 27.1 Å². The van der Waals surface area contributed by atoms with Crippen LogP contribution in [0.25, 0.3) is 0 Å². The van der Waals surface area contributed by atoms with Gasteiger partial charge in [-0.3, -0.25) is 0 Å². The van der Waals surface area contributed by atoms with Crippen LogP contribution in [0, 0.1) is 0 Å². The summed E-state index contributed by atoms with van der Waals surface area (Å²) in [5.74, 6) is -2.98. The molecule has 0 saturated heterocycles. The molecule has 0 radical (unpaired) electrons. The fraction of sp³-hybridized carbons (Fsp3) is 1.00. The maximum atomic E-state index is 11.9. The first-order valence-electron chi connectivity index (χ1n) is 2.53. The van der Waals surface area contributed by atoms with E-state index in [1.807, 2.05) is 0 Å². The average molecular weight is 173 g/mol. The van der Waals surface area contributed by atoms with Crippen LogP contribution in [0.2, 0.25) is 0 Å². The Balaban J connectivity index is 3.79. The van der Waals surface area contributed by atoms with Crippen LogP contribution in [0.15, 0.2) is 0 Å². The Morgan fingerprint density at radius 2 is 1.90 bits per heavy atom. The zero-order valence-electron chi connectivity index (χ0n) is 5.69. The number of sulfonamides is 1. The lowest BCUT2D eigenvalue weighted by atomic mass is 10.4. The molecule has 0 atom stereocenters. The molecular formula is C4H9F2NO2S. The van der Waals surface area contributed by atoms with Crippen molar-refractivity contribution >= 4 is 10.0 Å². The van der Waals surface area contributed by atoms with Crippen molar-refractivity contribution in [3.8, 4) is 0 Å². The minimum Gasteiger partial charge on any atom is -0.213 e. The normalized spacial score (nSPS) is 13.6. The highest BCUT2D eigenvalue weighted by Gasteiger charge is 2.22. The Bertz CT molecular complexity index is 194. The summed E-state index contributed by atoms with van der Waals surface area (Å²) in [6.07, 6.45) is 0.832. The molecule has 0 aliphatic carbocycles. The standard InChI is InChI=1S/C4H9F2NO2S/c1-4(5,6)3-7-10(2,8)9/h7H,3H2,1-2H3. The number of rotatable bonds is 3. The molecule has 1 N–H and O–H groups in total. The molecule has 0 aliphatic rings. The maximum Gasteiger partial charge on any atom is 0.258 e. The van der Waals surface area contributed by atoms with E-state index in [2.05, 4.69) is 0 Å². The van der Waals surface area contributed by atoms with E-state index in [-0.39, 0.29) is 0 Å². The van der Waals surface area contributed by atoms with Crippen molar-refractivity contribution in [3.63, 3.8) is 0 Å². The second-order valence-electron chi connectivity index (χ2n) is 2.16. The molecule has 0 fully saturated rings. The summed E-state index contributed by atoms with van der Waals surface area (Å²) in [7, 11) is -3.49. The summed E-state index contributed by atoms with van der Waals surface area (Å²) in [6, 6.07) is 0. The van der Waals surface area contributed by atoms with Crippen LogP contribution >= 0.6 is 0 Å². The zero-order chi connectivity index (χ0) is 8.41. The third kappa shape index (κ3) is 7.77. The van der Waals surface area contributed by atoms with Crippen LogP contribution in [0.4, 0.5) is 8.78 Å². The van der Waals surface area contributed by atoms with E-state index < -0.39 is 22.5 Å². The Labute approximate surface area is 58.5 Å². The van der Waals surface area contributed by atoms with Gasteiger partial charge in [-0.05, 0) is 0 Å². The topological polar surface area (TPSA) is 46.2 Å². The van der Waals surface area contributed by atoms with E-state index in [0.29, 0.717) is 6.92 Å². The molecule has 0 heterocycles. The second-order valence-corrected chi connectivity index (χ2v) is 4.00. The molecule has 10 heavy (non-hydrogen) atoms. The molecule has 0 aliphatic heterocycles. The zero-order valence-corrected chi connectivity index (χ0v) is 6.50. The fourth-order valence-electron chi connectivity index (χ4n) is 0.258. The Kier molecular flexibility index (Phi) is 2.73. The summed E-state index contributed by atoms with van der Waals surface area (Å²) in [4.78, 5) is 0. The van der Waals surface area contributed by atoms with Gasteiger partial charge in [0, 0.05) is 6.92 Å². The van der Waals surface area contributed by atoms with Crippen LogP contribution in [-0.2, 0) is 10.0 Å². The highest BCUT2D eigenvalue weighted by molar-refractivity contribution is 7.88. The fourth-order valence-corrected chi connectivity index (χ4v) is 0.773. The molecule has 6 heteroatoms.